The maximum Gasteiger partial charge on any atom is 0.573 e. The zero-order chi connectivity index (χ0) is 23.6. The third kappa shape index (κ3) is 5.75. The van der Waals surface area contributed by atoms with E-state index in [0.29, 0.717) is 5.03 Å². The number of hydrogen-bond donors (Lipinski definition) is 2. The van der Waals surface area contributed by atoms with Crippen LogP contribution in [0.3, 0.4) is 0 Å². The highest BCUT2D eigenvalue weighted by Gasteiger charge is 2.31. The molecule has 0 spiro atoms. The summed E-state index contributed by atoms with van der Waals surface area (Å²) < 4.78 is 65.0. The van der Waals surface area contributed by atoms with Gasteiger partial charge in [0.1, 0.15) is 21.9 Å². The lowest BCUT2D eigenvalue weighted by Gasteiger charge is -2.12. The van der Waals surface area contributed by atoms with E-state index in [0.717, 1.165) is 60.2 Å². The first-order valence-electron chi connectivity index (χ1n) is 9.67. The predicted octanol–water partition coefficient (Wildman–Crippen LogP) is 3.57. The Kier molecular flexibility index (Phi) is 6.79. The highest BCUT2D eigenvalue weighted by molar-refractivity contribution is 8.00. The van der Waals surface area contributed by atoms with Gasteiger partial charge in [-0.1, -0.05) is 11.8 Å². The number of thiophene rings is 1. The number of amides is 1. The Morgan fingerprint density at radius 1 is 1.15 bits per heavy atom. The Morgan fingerprint density at radius 2 is 1.88 bits per heavy atom. The monoisotopic (exact) mass is 518 g/mol. The molecule has 1 amide bonds. The van der Waals surface area contributed by atoms with E-state index in [2.05, 4.69) is 20.1 Å². The van der Waals surface area contributed by atoms with E-state index in [1.807, 2.05) is 4.83 Å². The van der Waals surface area contributed by atoms with Gasteiger partial charge in [0.15, 0.2) is 0 Å². The van der Waals surface area contributed by atoms with Gasteiger partial charge in [0.05, 0.1) is 10.6 Å². The van der Waals surface area contributed by atoms with Crippen LogP contribution in [-0.4, -0.2) is 36.4 Å². The molecule has 3 aromatic rings. The lowest BCUT2D eigenvalue weighted by atomic mass is 9.97. The van der Waals surface area contributed by atoms with E-state index < -0.39 is 28.0 Å². The number of hydrazine groups is 1. The summed E-state index contributed by atoms with van der Waals surface area (Å²) in [7, 11) is -4.19. The summed E-state index contributed by atoms with van der Waals surface area (Å²) in [6.07, 6.45) is 0.724. The quantitative estimate of drug-likeness (QED) is 0.280. The largest absolute Gasteiger partial charge is 0.573 e. The molecule has 33 heavy (non-hydrogen) atoms. The molecule has 2 aromatic heterocycles. The van der Waals surface area contributed by atoms with E-state index in [1.54, 1.807) is 11.3 Å². The number of rotatable bonds is 7. The molecule has 0 fully saturated rings. The normalized spacial score (nSPS) is 14.2. The average molecular weight is 519 g/mol. The van der Waals surface area contributed by atoms with Crippen molar-refractivity contribution in [3.8, 4) is 5.75 Å². The van der Waals surface area contributed by atoms with Crippen LogP contribution >= 0.6 is 23.1 Å². The molecule has 4 rings (SSSR count). The molecule has 1 aliphatic rings. The lowest BCUT2D eigenvalue weighted by molar-refractivity contribution is -0.274. The van der Waals surface area contributed by atoms with Crippen LogP contribution in [0.15, 0.2) is 40.5 Å². The molecule has 2 N–H and O–H groups in total. The molecule has 0 radical (unpaired) electrons. The number of fused-ring (bicyclic) bond motifs is 3. The zero-order valence-corrected chi connectivity index (χ0v) is 19.3. The highest BCUT2D eigenvalue weighted by Crippen LogP contribution is 2.39. The van der Waals surface area contributed by atoms with E-state index >= 15 is 0 Å². The Hall–Kier alpha value is -2.42. The number of hydrogen-bond acceptors (Lipinski definition) is 8. The van der Waals surface area contributed by atoms with E-state index in [4.69, 9.17) is 0 Å². The van der Waals surface area contributed by atoms with Crippen molar-refractivity contribution < 1.29 is 31.1 Å². The number of aryl methyl sites for hydroxylation is 2. The minimum Gasteiger partial charge on any atom is -0.406 e. The van der Waals surface area contributed by atoms with Crippen molar-refractivity contribution in [1.82, 2.24) is 20.2 Å². The van der Waals surface area contributed by atoms with Crippen LogP contribution in [0, 0.1) is 0 Å². The van der Waals surface area contributed by atoms with Crippen LogP contribution in [-0.2, 0) is 27.7 Å². The third-order valence-electron chi connectivity index (χ3n) is 4.75. The van der Waals surface area contributed by atoms with E-state index in [9.17, 15) is 26.4 Å². The Labute approximate surface area is 195 Å². The number of carbonyl (C=O) groups excluding carboxylic acids is 1. The molecule has 8 nitrogen and oxygen atoms in total. The van der Waals surface area contributed by atoms with Crippen LogP contribution in [0.4, 0.5) is 13.2 Å². The number of nitrogens with zero attached hydrogens (tertiary/aromatic N) is 2. The van der Waals surface area contributed by atoms with Crippen molar-refractivity contribution in [1.29, 1.82) is 0 Å². The second-order valence-corrected chi connectivity index (χ2v) is 10.8. The molecular formula is C19H17F3N4O4S3. The van der Waals surface area contributed by atoms with Crippen LogP contribution in [0.5, 0.6) is 5.75 Å². The lowest BCUT2D eigenvalue weighted by Crippen LogP contribution is -2.42. The second kappa shape index (κ2) is 9.44. The van der Waals surface area contributed by atoms with Gasteiger partial charge in [0, 0.05) is 10.3 Å². The number of carbonyl (C=O) groups is 1. The van der Waals surface area contributed by atoms with Gasteiger partial charge in [0.25, 0.3) is 10.0 Å². The molecular weight excluding hydrogens is 501 g/mol. The van der Waals surface area contributed by atoms with Crippen LogP contribution < -0.4 is 15.0 Å². The van der Waals surface area contributed by atoms with Crippen molar-refractivity contribution in [2.75, 3.05) is 5.75 Å². The Bertz CT molecular complexity index is 1280. The number of alkyl halides is 3. The fourth-order valence-electron chi connectivity index (χ4n) is 3.34. The van der Waals surface area contributed by atoms with E-state index in [1.165, 1.54) is 28.5 Å². The van der Waals surface area contributed by atoms with E-state index in [-0.39, 0.29) is 10.6 Å². The fraction of sp³-hybridized carbons (Fsp3) is 0.316. The van der Waals surface area contributed by atoms with Crippen molar-refractivity contribution in [3.63, 3.8) is 0 Å². The number of nitrogens with one attached hydrogen (secondary N) is 2. The van der Waals surface area contributed by atoms with Gasteiger partial charge in [-0.15, -0.1) is 29.3 Å². The molecule has 0 saturated carbocycles. The van der Waals surface area contributed by atoms with Gasteiger partial charge >= 0.3 is 6.36 Å². The third-order valence-corrected chi connectivity index (χ3v) is 8.20. The van der Waals surface area contributed by atoms with Gasteiger partial charge in [-0.2, -0.15) is 0 Å². The summed E-state index contributed by atoms with van der Waals surface area (Å²) in [4.78, 5) is 24.6. The summed E-state index contributed by atoms with van der Waals surface area (Å²) >= 11 is 2.81. The van der Waals surface area contributed by atoms with Crippen LogP contribution in [0.2, 0.25) is 0 Å². The molecule has 2 heterocycles. The molecule has 14 heteroatoms. The molecule has 0 bridgehead atoms. The predicted molar refractivity (Wildman–Crippen MR) is 116 cm³/mol. The summed E-state index contributed by atoms with van der Waals surface area (Å²) in [5, 5.41) is 1.62. The van der Waals surface area contributed by atoms with Gasteiger partial charge in [-0.25, -0.2) is 18.4 Å². The Balaban J connectivity index is 1.36. The fourth-order valence-corrected chi connectivity index (χ4v) is 6.32. The standard InChI is InChI=1S/C19H17F3N4O4S3/c20-19(21,22)30-11-5-7-12(8-6-11)33(28,29)26-25-15(27)9-31-17-16-13-3-1-2-4-14(13)32-18(16)24-10-23-17/h5-8,10,26H,1-4,9H2,(H,25,27). The maximum atomic E-state index is 12.3. The summed E-state index contributed by atoms with van der Waals surface area (Å²) in [6, 6.07) is 3.59. The number of aromatic nitrogens is 2. The van der Waals surface area contributed by atoms with Crippen molar-refractivity contribution in [2.45, 2.75) is 42.0 Å². The molecule has 0 saturated heterocycles. The summed E-state index contributed by atoms with van der Waals surface area (Å²) in [6.45, 7) is 0. The SMILES string of the molecule is O=C(CSc1ncnc2sc3c(c12)CCCC3)NNS(=O)(=O)c1ccc(OC(F)(F)F)cc1. The second-order valence-electron chi connectivity index (χ2n) is 7.03. The van der Waals surface area contributed by atoms with Gasteiger partial charge in [-0.3, -0.25) is 10.2 Å². The first-order chi connectivity index (χ1) is 15.6. The van der Waals surface area contributed by atoms with Crippen molar-refractivity contribution >= 4 is 49.2 Å². The number of ether oxygens (including phenoxy) is 1. The smallest absolute Gasteiger partial charge is 0.406 e. The number of benzene rings is 1. The first kappa shape index (κ1) is 23.7. The summed E-state index contributed by atoms with van der Waals surface area (Å²) in [5.74, 6) is -1.28. The molecule has 176 valence electrons. The molecule has 1 aliphatic carbocycles. The number of thioether (sulfide) groups is 1. The van der Waals surface area contributed by atoms with Crippen LogP contribution in [0.1, 0.15) is 23.3 Å². The van der Waals surface area contributed by atoms with Crippen molar-refractivity contribution in [2.24, 2.45) is 0 Å². The minimum absolute atomic E-state index is 0.0996. The van der Waals surface area contributed by atoms with Gasteiger partial charge in [-0.05, 0) is 55.5 Å². The topological polar surface area (TPSA) is 110 Å². The van der Waals surface area contributed by atoms with Gasteiger partial charge < -0.3 is 4.74 Å². The molecule has 1 aromatic carbocycles. The maximum absolute atomic E-state index is 12.3. The average Bonchev–Trinajstić information content (AvgIpc) is 3.15. The zero-order valence-electron chi connectivity index (χ0n) is 16.8. The number of sulfonamides is 1. The number of halogens is 3. The summed E-state index contributed by atoms with van der Waals surface area (Å²) in [5.41, 5.74) is 3.32. The molecule has 0 atom stereocenters. The van der Waals surface area contributed by atoms with Crippen LogP contribution in [0.25, 0.3) is 10.2 Å². The minimum atomic E-state index is -4.89. The van der Waals surface area contributed by atoms with Gasteiger partial charge in [0.2, 0.25) is 5.91 Å². The highest BCUT2D eigenvalue weighted by atomic mass is 32.2. The van der Waals surface area contributed by atoms with Crippen molar-refractivity contribution in [3.05, 3.63) is 41.0 Å². The first-order valence-corrected chi connectivity index (χ1v) is 13.0. The Morgan fingerprint density at radius 3 is 2.61 bits per heavy atom. The molecule has 0 unspecified atom stereocenters. The molecule has 0 aliphatic heterocycles.